The van der Waals surface area contributed by atoms with Crippen LogP contribution in [0.1, 0.15) is 48.5 Å². The minimum atomic E-state index is -0.0136. The number of carbonyl (C=O) groups is 1. The fraction of sp³-hybridized carbons (Fsp3) is 0.387. The van der Waals surface area contributed by atoms with Crippen molar-refractivity contribution >= 4 is 17.2 Å². The second-order valence-electron chi connectivity index (χ2n) is 10.6. The molecule has 1 aliphatic carbocycles. The van der Waals surface area contributed by atoms with E-state index in [0.29, 0.717) is 29.2 Å². The lowest BCUT2D eigenvalue weighted by molar-refractivity contribution is 0.0950. The average Bonchev–Trinajstić information content (AvgIpc) is 3.65. The number of fused-ring (bicyclic) bond motifs is 1. The molecule has 5 rings (SSSR count). The Morgan fingerprint density at radius 2 is 2.00 bits per heavy atom. The summed E-state index contributed by atoms with van der Waals surface area (Å²) >= 11 is 0. The SMILES string of the molecule is C=C/C=C\C(=C/C)Oc1cc(NCC2CCN(C)CC2)c2ncc(-c3ccc(C(=O)NC4CC4)c(C)c3)n2n1. The van der Waals surface area contributed by atoms with Crippen molar-refractivity contribution in [1.82, 2.24) is 24.8 Å². The third-order valence-corrected chi connectivity index (χ3v) is 7.45. The summed E-state index contributed by atoms with van der Waals surface area (Å²) in [5.41, 5.74) is 5.00. The van der Waals surface area contributed by atoms with Crippen LogP contribution in [-0.4, -0.2) is 58.1 Å². The highest BCUT2D eigenvalue weighted by Crippen LogP contribution is 2.30. The van der Waals surface area contributed by atoms with Crippen LogP contribution < -0.4 is 15.4 Å². The number of allylic oxidation sites excluding steroid dienone is 4. The molecule has 1 aliphatic heterocycles. The zero-order valence-electron chi connectivity index (χ0n) is 23.1. The normalized spacial score (nSPS) is 17.1. The van der Waals surface area contributed by atoms with Crippen molar-refractivity contribution in [3.63, 3.8) is 0 Å². The molecule has 204 valence electrons. The summed E-state index contributed by atoms with van der Waals surface area (Å²) in [5.74, 6) is 1.73. The monoisotopic (exact) mass is 526 g/mol. The summed E-state index contributed by atoms with van der Waals surface area (Å²) in [4.78, 5) is 19.8. The van der Waals surface area contributed by atoms with Crippen LogP contribution in [0.5, 0.6) is 5.88 Å². The predicted octanol–water partition coefficient (Wildman–Crippen LogP) is 5.38. The second-order valence-corrected chi connectivity index (χ2v) is 10.6. The standard InChI is InChI=1S/C31H38N6O2/c1-5-7-8-25(6-2)39-29-18-27(32-19-22-13-15-36(4)16-14-22)30-33-20-28(37(30)35-29)23-9-12-26(21(3)17-23)31(38)34-24-10-11-24/h5-9,12,17-18,20,22,24,32H,1,10-11,13-16,19H2,2-4H3,(H,34,38)/b8-7-,25-6+. The third kappa shape index (κ3) is 6.40. The largest absolute Gasteiger partial charge is 0.438 e. The number of amides is 1. The number of rotatable bonds is 10. The highest BCUT2D eigenvalue weighted by atomic mass is 16.5. The molecule has 3 heterocycles. The molecule has 8 nitrogen and oxygen atoms in total. The van der Waals surface area contributed by atoms with E-state index < -0.39 is 0 Å². The first kappa shape index (κ1) is 26.7. The molecule has 1 saturated carbocycles. The highest BCUT2D eigenvalue weighted by molar-refractivity contribution is 5.96. The lowest BCUT2D eigenvalue weighted by Crippen LogP contribution is -2.33. The van der Waals surface area contributed by atoms with Gasteiger partial charge >= 0.3 is 0 Å². The van der Waals surface area contributed by atoms with E-state index in [-0.39, 0.29) is 5.91 Å². The van der Waals surface area contributed by atoms with Gasteiger partial charge in [0.2, 0.25) is 5.88 Å². The van der Waals surface area contributed by atoms with Crippen molar-refractivity contribution in [1.29, 1.82) is 0 Å². The Balaban J connectivity index is 1.47. The first-order valence-electron chi connectivity index (χ1n) is 13.8. The lowest BCUT2D eigenvalue weighted by Gasteiger charge is -2.29. The van der Waals surface area contributed by atoms with Crippen LogP contribution in [-0.2, 0) is 0 Å². The quantitative estimate of drug-likeness (QED) is 0.273. The Morgan fingerprint density at radius 1 is 1.21 bits per heavy atom. The van der Waals surface area contributed by atoms with Gasteiger partial charge in [-0.25, -0.2) is 9.50 Å². The number of hydrogen-bond donors (Lipinski definition) is 2. The Labute approximate surface area is 230 Å². The topological polar surface area (TPSA) is 83.8 Å². The number of aromatic nitrogens is 3. The molecule has 0 bridgehead atoms. The number of hydrogen-bond acceptors (Lipinski definition) is 6. The first-order chi connectivity index (χ1) is 18.9. The van der Waals surface area contributed by atoms with Crippen LogP contribution in [0.15, 0.2) is 67.1 Å². The van der Waals surface area contributed by atoms with Crippen molar-refractivity contribution in [3.05, 3.63) is 78.2 Å². The van der Waals surface area contributed by atoms with Gasteiger partial charge in [-0.1, -0.05) is 24.8 Å². The number of aryl methyl sites for hydroxylation is 1. The van der Waals surface area contributed by atoms with Gasteiger partial charge in [-0.15, -0.1) is 5.10 Å². The summed E-state index contributed by atoms with van der Waals surface area (Å²) in [7, 11) is 2.18. The molecule has 3 aromatic rings. The first-order valence-corrected chi connectivity index (χ1v) is 13.8. The Hall–Kier alpha value is -3.91. The van der Waals surface area contributed by atoms with Crippen molar-refractivity contribution in [3.8, 4) is 17.1 Å². The van der Waals surface area contributed by atoms with E-state index in [2.05, 4.69) is 29.2 Å². The highest BCUT2D eigenvalue weighted by Gasteiger charge is 2.25. The Kier molecular flexibility index (Phi) is 8.12. The minimum Gasteiger partial charge on any atom is -0.438 e. The smallest absolute Gasteiger partial charge is 0.251 e. The van der Waals surface area contributed by atoms with Gasteiger partial charge < -0.3 is 20.3 Å². The van der Waals surface area contributed by atoms with Crippen molar-refractivity contribution in [2.24, 2.45) is 5.92 Å². The van der Waals surface area contributed by atoms with Gasteiger partial charge in [-0.05, 0) is 95.4 Å². The van der Waals surface area contributed by atoms with Crippen molar-refractivity contribution in [2.45, 2.75) is 45.6 Å². The Morgan fingerprint density at radius 3 is 2.69 bits per heavy atom. The molecule has 1 amide bonds. The molecule has 1 saturated heterocycles. The van der Waals surface area contributed by atoms with E-state index in [0.717, 1.165) is 60.6 Å². The fourth-order valence-electron chi connectivity index (χ4n) is 4.88. The summed E-state index contributed by atoms with van der Waals surface area (Å²) in [6.45, 7) is 10.7. The van der Waals surface area contributed by atoms with Gasteiger partial charge in [0, 0.05) is 29.8 Å². The number of ether oxygens (including phenoxy) is 1. The third-order valence-electron chi connectivity index (χ3n) is 7.45. The number of benzene rings is 1. The predicted molar refractivity (Wildman–Crippen MR) is 156 cm³/mol. The maximum Gasteiger partial charge on any atom is 0.251 e. The van der Waals surface area contributed by atoms with Gasteiger partial charge in [-0.3, -0.25) is 4.79 Å². The van der Waals surface area contributed by atoms with Crippen LogP contribution in [0, 0.1) is 12.8 Å². The van der Waals surface area contributed by atoms with Crippen LogP contribution in [0.2, 0.25) is 0 Å². The summed E-state index contributed by atoms with van der Waals surface area (Å²) in [5, 5.41) is 11.5. The van der Waals surface area contributed by atoms with Crippen LogP contribution >= 0.6 is 0 Å². The van der Waals surface area contributed by atoms with Crippen LogP contribution in [0.25, 0.3) is 16.9 Å². The molecule has 2 fully saturated rings. The van der Waals surface area contributed by atoms with Gasteiger partial charge in [0.15, 0.2) is 5.65 Å². The number of carbonyl (C=O) groups excluding carboxylic acids is 1. The van der Waals surface area contributed by atoms with E-state index >= 15 is 0 Å². The molecular formula is C31H38N6O2. The molecular weight excluding hydrogens is 488 g/mol. The number of nitrogens with zero attached hydrogens (tertiary/aromatic N) is 4. The number of nitrogens with one attached hydrogen (secondary N) is 2. The molecule has 2 aromatic heterocycles. The van der Waals surface area contributed by atoms with E-state index in [4.69, 9.17) is 14.8 Å². The van der Waals surface area contributed by atoms with Crippen molar-refractivity contribution in [2.75, 3.05) is 32.0 Å². The lowest BCUT2D eigenvalue weighted by atomic mass is 9.97. The Bertz CT molecular complexity index is 1410. The molecule has 1 aromatic carbocycles. The second kappa shape index (κ2) is 11.9. The molecule has 0 unspecified atom stereocenters. The summed E-state index contributed by atoms with van der Waals surface area (Å²) in [6, 6.07) is 8.11. The van der Waals surface area contributed by atoms with Crippen LogP contribution in [0.4, 0.5) is 5.69 Å². The van der Waals surface area contributed by atoms with E-state index in [1.54, 1.807) is 6.08 Å². The maximum atomic E-state index is 12.7. The summed E-state index contributed by atoms with van der Waals surface area (Å²) < 4.78 is 7.99. The zero-order valence-corrected chi connectivity index (χ0v) is 23.1. The summed E-state index contributed by atoms with van der Waals surface area (Å²) in [6.07, 6.45) is 13.6. The molecule has 2 N–H and O–H groups in total. The fourth-order valence-corrected chi connectivity index (χ4v) is 4.88. The van der Waals surface area contributed by atoms with Gasteiger partial charge in [0.25, 0.3) is 5.91 Å². The molecule has 2 aliphatic rings. The van der Waals surface area contributed by atoms with Crippen molar-refractivity contribution < 1.29 is 9.53 Å². The van der Waals surface area contributed by atoms with E-state index in [1.165, 1.54) is 12.8 Å². The average molecular weight is 527 g/mol. The van der Waals surface area contributed by atoms with E-state index in [9.17, 15) is 4.79 Å². The number of imidazole rings is 1. The molecule has 0 atom stereocenters. The molecule has 0 spiro atoms. The van der Waals surface area contributed by atoms with Gasteiger partial charge in [-0.2, -0.15) is 0 Å². The van der Waals surface area contributed by atoms with E-state index in [1.807, 2.05) is 67.1 Å². The molecule has 0 radical (unpaired) electrons. The molecule has 8 heteroatoms. The molecule has 39 heavy (non-hydrogen) atoms. The van der Waals surface area contributed by atoms with Gasteiger partial charge in [0.05, 0.1) is 17.6 Å². The zero-order chi connectivity index (χ0) is 27.4. The van der Waals surface area contributed by atoms with Crippen LogP contribution in [0.3, 0.4) is 0 Å². The number of anilines is 1. The van der Waals surface area contributed by atoms with Gasteiger partial charge in [0.1, 0.15) is 5.76 Å². The minimum absolute atomic E-state index is 0.0136. The number of piperidine rings is 1. The maximum absolute atomic E-state index is 12.7. The number of likely N-dealkylation sites (tertiary alicyclic amines) is 1.